The molecule has 7 nitrogen and oxygen atoms in total. The SMILES string of the molecule is COC(=O)C(Cc1ccc(OCc2ccc3ccccc3n2)cc1)NC(=O)c1ccc2ccccc2n1. The van der Waals surface area contributed by atoms with E-state index in [1.54, 1.807) is 6.07 Å². The molecule has 0 aliphatic carbocycles. The Hall–Kier alpha value is -4.78. The molecule has 0 saturated heterocycles. The van der Waals surface area contributed by atoms with Crippen molar-refractivity contribution in [3.63, 3.8) is 0 Å². The van der Waals surface area contributed by atoms with Gasteiger partial charge >= 0.3 is 5.97 Å². The normalized spacial score (nSPS) is 11.7. The number of carbonyl (C=O) groups excluding carboxylic acids is 2. The molecule has 1 amide bonds. The number of amides is 1. The summed E-state index contributed by atoms with van der Waals surface area (Å²) in [6.07, 6.45) is 0.262. The van der Waals surface area contributed by atoms with E-state index >= 15 is 0 Å². The molecule has 2 heterocycles. The predicted octanol–water partition coefficient (Wildman–Crippen LogP) is 4.88. The maximum absolute atomic E-state index is 12.9. The summed E-state index contributed by atoms with van der Waals surface area (Å²) < 4.78 is 10.8. The van der Waals surface area contributed by atoms with Crippen molar-refractivity contribution in [3.05, 3.63) is 114 Å². The molecule has 0 fully saturated rings. The van der Waals surface area contributed by atoms with Crippen LogP contribution in [0.2, 0.25) is 0 Å². The van der Waals surface area contributed by atoms with Gasteiger partial charge in [-0.1, -0.05) is 60.7 Å². The highest BCUT2D eigenvalue weighted by molar-refractivity contribution is 5.97. The van der Waals surface area contributed by atoms with E-state index in [0.29, 0.717) is 17.9 Å². The van der Waals surface area contributed by atoms with Gasteiger partial charge in [-0.25, -0.2) is 14.8 Å². The van der Waals surface area contributed by atoms with E-state index in [9.17, 15) is 9.59 Å². The topological polar surface area (TPSA) is 90.4 Å². The van der Waals surface area contributed by atoms with E-state index in [1.807, 2.05) is 91.0 Å². The van der Waals surface area contributed by atoms with Crippen LogP contribution >= 0.6 is 0 Å². The minimum absolute atomic E-state index is 0.235. The van der Waals surface area contributed by atoms with E-state index in [0.717, 1.165) is 27.5 Å². The summed E-state index contributed by atoms with van der Waals surface area (Å²) in [5.41, 5.74) is 3.54. The smallest absolute Gasteiger partial charge is 0.328 e. The standard InChI is InChI=1S/C30H25N3O4/c1-36-30(35)28(33-29(34)27-17-13-22-7-3-5-9-26(22)32-27)18-20-10-15-24(16-11-20)37-19-23-14-12-21-6-2-4-8-25(21)31-23/h2-17,28H,18-19H2,1H3,(H,33,34). The van der Waals surface area contributed by atoms with Crippen LogP contribution in [0.4, 0.5) is 0 Å². The first-order valence-corrected chi connectivity index (χ1v) is 11.9. The molecule has 5 aromatic rings. The number of ether oxygens (including phenoxy) is 2. The van der Waals surface area contributed by atoms with Gasteiger partial charge in [-0.2, -0.15) is 0 Å². The number of pyridine rings is 2. The zero-order chi connectivity index (χ0) is 25.6. The third-order valence-electron chi connectivity index (χ3n) is 6.03. The lowest BCUT2D eigenvalue weighted by Crippen LogP contribution is -2.43. The second-order valence-electron chi connectivity index (χ2n) is 8.57. The van der Waals surface area contributed by atoms with Crippen LogP contribution in [0.25, 0.3) is 21.8 Å². The molecule has 1 atom stereocenters. The third kappa shape index (κ3) is 5.73. The second kappa shape index (κ2) is 10.9. The molecule has 2 aromatic heterocycles. The molecule has 0 aliphatic heterocycles. The molecule has 0 spiro atoms. The third-order valence-corrected chi connectivity index (χ3v) is 6.03. The molecule has 184 valence electrons. The van der Waals surface area contributed by atoms with E-state index in [4.69, 9.17) is 9.47 Å². The van der Waals surface area contributed by atoms with Gasteiger partial charge in [0.25, 0.3) is 5.91 Å². The molecular weight excluding hydrogens is 466 g/mol. The Morgan fingerprint density at radius 3 is 2.14 bits per heavy atom. The Labute approximate surface area is 214 Å². The van der Waals surface area contributed by atoms with Gasteiger partial charge in [0, 0.05) is 17.2 Å². The van der Waals surface area contributed by atoms with Gasteiger partial charge in [0.1, 0.15) is 24.1 Å². The lowest BCUT2D eigenvalue weighted by Gasteiger charge is -2.17. The zero-order valence-corrected chi connectivity index (χ0v) is 20.3. The number of nitrogens with one attached hydrogen (secondary N) is 1. The number of hydrogen-bond donors (Lipinski definition) is 1. The van der Waals surface area contributed by atoms with Crippen LogP contribution in [-0.4, -0.2) is 35.0 Å². The molecular formula is C30H25N3O4. The number of rotatable bonds is 8. The van der Waals surface area contributed by atoms with Gasteiger partial charge in [-0.3, -0.25) is 4.79 Å². The lowest BCUT2D eigenvalue weighted by atomic mass is 10.1. The fourth-order valence-corrected chi connectivity index (χ4v) is 4.06. The number of carbonyl (C=O) groups is 2. The van der Waals surface area contributed by atoms with Crippen LogP contribution in [0.15, 0.2) is 97.1 Å². The highest BCUT2D eigenvalue weighted by atomic mass is 16.5. The molecule has 0 radical (unpaired) electrons. The monoisotopic (exact) mass is 491 g/mol. The molecule has 0 bridgehead atoms. The largest absolute Gasteiger partial charge is 0.487 e. The first-order chi connectivity index (χ1) is 18.1. The van der Waals surface area contributed by atoms with Crippen molar-refractivity contribution < 1.29 is 19.1 Å². The average Bonchev–Trinajstić information content (AvgIpc) is 2.95. The van der Waals surface area contributed by atoms with Gasteiger partial charge in [0.05, 0.1) is 23.8 Å². The van der Waals surface area contributed by atoms with Gasteiger partial charge in [-0.05, 0) is 42.0 Å². The highest BCUT2D eigenvalue weighted by Crippen LogP contribution is 2.18. The summed E-state index contributed by atoms with van der Waals surface area (Å²) in [6.45, 7) is 0.337. The van der Waals surface area contributed by atoms with Crippen LogP contribution in [0.3, 0.4) is 0 Å². The summed E-state index contributed by atoms with van der Waals surface area (Å²) in [5, 5.41) is 4.77. The number of hydrogen-bond acceptors (Lipinski definition) is 6. The summed E-state index contributed by atoms with van der Waals surface area (Å²) in [6, 6.07) is 29.4. The van der Waals surface area contributed by atoms with Crippen molar-refractivity contribution in [2.45, 2.75) is 19.1 Å². The van der Waals surface area contributed by atoms with Gasteiger partial charge in [-0.15, -0.1) is 0 Å². The minimum atomic E-state index is -0.862. The Kier molecular flexibility index (Phi) is 7.03. The minimum Gasteiger partial charge on any atom is -0.487 e. The molecule has 0 saturated carbocycles. The lowest BCUT2D eigenvalue weighted by molar-refractivity contribution is -0.142. The van der Waals surface area contributed by atoms with E-state index in [-0.39, 0.29) is 12.1 Å². The Morgan fingerprint density at radius 1 is 0.784 bits per heavy atom. The van der Waals surface area contributed by atoms with Crippen LogP contribution in [0, 0.1) is 0 Å². The number of methoxy groups -OCH3 is 1. The summed E-state index contributed by atoms with van der Waals surface area (Å²) >= 11 is 0. The molecule has 1 unspecified atom stereocenters. The van der Waals surface area contributed by atoms with Gasteiger partial charge < -0.3 is 14.8 Å². The van der Waals surface area contributed by atoms with E-state index < -0.39 is 17.9 Å². The molecule has 5 rings (SSSR count). The number of esters is 1. The van der Waals surface area contributed by atoms with Crippen molar-refractivity contribution in [1.29, 1.82) is 0 Å². The van der Waals surface area contributed by atoms with Crippen LogP contribution in [0.5, 0.6) is 5.75 Å². The number of nitrogens with zero attached hydrogens (tertiary/aromatic N) is 2. The quantitative estimate of drug-likeness (QED) is 0.311. The van der Waals surface area contributed by atoms with Crippen molar-refractivity contribution in [3.8, 4) is 5.75 Å². The molecule has 3 aromatic carbocycles. The average molecular weight is 492 g/mol. The Morgan fingerprint density at radius 2 is 1.43 bits per heavy atom. The van der Waals surface area contributed by atoms with E-state index in [1.165, 1.54) is 7.11 Å². The molecule has 7 heteroatoms. The summed E-state index contributed by atoms with van der Waals surface area (Å²) in [4.78, 5) is 34.3. The second-order valence-corrected chi connectivity index (χ2v) is 8.57. The number of benzene rings is 3. The number of para-hydroxylation sites is 2. The predicted molar refractivity (Wildman–Crippen MR) is 141 cm³/mol. The molecule has 0 aliphatic rings. The Bertz CT molecular complexity index is 1570. The first-order valence-electron chi connectivity index (χ1n) is 11.9. The van der Waals surface area contributed by atoms with Crippen molar-refractivity contribution in [2.24, 2.45) is 0 Å². The van der Waals surface area contributed by atoms with Crippen molar-refractivity contribution in [1.82, 2.24) is 15.3 Å². The number of aromatic nitrogens is 2. The Balaban J connectivity index is 1.23. The van der Waals surface area contributed by atoms with Crippen LogP contribution < -0.4 is 10.1 Å². The van der Waals surface area contributed by atoms with Crippen molar-refractivity contribution >= 4 is 33.7 Å². The number of fused-ring (bicyclic) bond motifs is 2. The summed E-state index contributed by atoms with van der Waals surface area (Å²) in [5.74, 6) is -0.293. The fraction of sp³-hybridized carbons (Fsp3) is 0.133. The van der Waals surface area contributed by atoms with Crippen molar-refractivity contribution in [2.75, 3.05) is 7.11 Å². The van der Waals surface area contributed by atoms with Gasteiger partial charge in [0.2, 0.25) is 0 Å². The molecule has 1 N–H and O–H groups in total. The van der Waals surface area contributed by atoms with Gasteiger partial charge in [0.15, 0.2) is 0 Å². The van der Waals surface area contributed by atoms with E-state index in [2.05, 4.69) is 15.3 Å². The summed E-state index contributed by atoms with van der Waals surface area (Å²) in [7, 11) is 1.30. The van der Waals surface area contributed by atoms with Crippen LogP contribution in [-0.2, 0) is 22.6 Å². The maximum Gasteiger partial charge on any atom is 0.328 e. The fourth-order valence-electron chi connectivity index (χ4n) is 4.06. The zero-order valence-electron chi connectivity index (χ0n) is 20.3. The first kappa shape index (κ1) is 23.9. The highest BCUT2D eigenvalue weighted by Gasteiger charge is 2.23. The molecule has 37 heavy (non-hydrogen) atoms. The van der Waals surface area contributed by atoms with Crippen LogP contribution in [0.1, 0.15) is 21.7 Å². The maximum atomic E-state index is 12.9.